The third kappa shape index (κ3) is 7.96. The van der Waals surface area contributed by atoms with Crippen LogP contribution in [0.25, 0.3) is 44.6 Å². The van der Waals surface area contributed by atoms with Crippen LogP contribution in [0.4, 0.5) is 17.2 Å². The first kappa shape index (κ1) is 41.3. The summed E-state index contributed by atoms with van der Waals surface area (Å²) in [6.45, 7) is 8.37. The van der Waals surface area contributed by atoms with Gasteiger partial charge in [0.05, 0.1) is 18.0 Å². The summed E-state index contributed by atoms with van der Waals surface area (Å²) in [5.74, 6) is 2.14. The van der Waals surface area contributed by atoms with Crippen LogP contribution in [0.3, 0.4) is 0 Å². The van der Waals surface area contributed by atoms with Gasteiger partial charge in [0.15, 0.2) is 11.6 Å². The molecule has 0 bridgehead atoms. The van der Waals surface area contributed by atoms with E-state index in [9.17, 15) is 0 Å². The Hall–Kier alpha value is -7.42. The summed E-state index contributed by atoms with van der Waals surface area (Å²) in [5.41, 5.74) is 6.63. The Morgan fingerprint density at radius 1 is 0.597 bits per heavy atom. The molecule has 0 spiro atoms. The highest BCUT2D eigenvalue weighted by molar-refractivity contribution is 8.34. The molecule has 0 fully saturated rings. The van der Waals surface area contributed by atoms with Crippen LogP contribution in [-0.2, 0) is 0 Å². The summed E-state index contributed by atoms with van der Waals surface area (Å²) in [7, 11) is -1.84. The first-order valence-electron chi connectivity index (χ1n) is 20.9. The third-order valence-electron chi connectivity index (χ3n) is 10.7. The highest BCUT2D eigenvalue weighted by Gasteiger charge is 2.35. The van der Waals surface area contributed by atoms with Gasteiger partial charge < -0.3 is 15.6 Å². The molecule has 1 aliphatic rings. The van der Waals surface area contributed by atoms with Crippen molar-refractivity contribution < 1.29 is 0 Å². The second-order valence-electron chi connectivity index (χ2n) is 14.4. The molecule has 7 nitrogen and oxygen atoms in total. The van der Waals surface area contributed by atoms with E-state index >= 15 is 0 Å². The van der Waals surface area contributed by atoms with E-state index in [1.807, 2.05) is 88.5 Å². The van der Waals surface area contributed by atoms with Crippen molar-refractivity contribution in [3.63, 3.8) is 0 Å². The minimum atomic E-state index is -1.84. The van der Waals surface area contributed by atoms with E-state index in [0.717, 1.165) is 55.7 Å². The highest BCUT2D eigenvalue weighted by Crippen LogP contribution is 2.73. The molecule has 0 saturated carbocycles. The zero-order chi connectivity index (χ0) is 42.9. The predicted molar refractivity (Wildman–Crippen MR) is 260 cm³/mol. The van der Waals surface area contributed by atoms with Crippen LogP contribution in [0.15, 0.2) is 219 Å². The molecule has 0 amide bonds. The molecule has 306 valence electrons. The molecule has 0 aliphatic carbocycles. The van der Waals surface area contributed by atoms with Gasteiger partial charge in [-0.15, -0.1) is 10.0 Å². The number of nitrogens with one attached hydrogen (secondary N) is 2. The van der Waals surface area contributed by atoms with Crippen LogP contribution >= 0.6 is 10.0 Å². The van der Waals surface area contributed by atoms with Gasteiger partial charge in [-0.2, -0.15) is 0 Å². The van der Waals surface area contributed by atoms with E-state index < -0.39 is 10.0 Å². The van der Waals surface area contributed by atoms with Gasteiger partial charge in [-0.3, -0.25) is 0 Å². The van der Waals surface area contributed by atoms with Crippen molar-refractivity contribution in [1.29, 1.82) is 5.41 Å². The van der Waals surface area contributed by atoms with Crippen LogP contribution in [0.2, 0.25) is 0 Å². The van der Waals surface area contributed by atoms with Crippen LogP contribution in [0, 0.1) is 5.41 Å². The molecule has 9 aromatic rings. The summed E-state index contributed by atoms with van der Waals surface area (Å²) in [4.78, 5) is 27.7. The Balaban J connectivity index is 0.000000612. The molecule has 62 heavy (non-hydrogen) atoms. The number of aromatic nitrogens is 4. The fourth-order valence-electron chi connectivity index (χ4n) is 7.61. The van der Waals surface area contributed by atoms with Crippen molar-refractivity contribution in [1.82, 2.24) is 19.9 Å². The zero-order valence-electron chi connectivity index (χ0n) is 35.4. The highest BCUT2D eigenvalue weighted by atomic mass is 32.3. The molecule has 0 atom stereocenters. The molecule has 2 N–H and O–H groups in total. The lowest BCUT2D eigenvalue weighted by atomic mass is 10.1. The summed E-state index contributed by atoms with van der Waals surface area (Å²) < 4.78 is 0. The third-order valence-corrected chi connectivity index (χ3v) is 14.6. The molecule has 10 rings (SSSR count). The van der Waals surface area contributed by atoms with Gasteiger partial charge in [0, 0.05) is 53.9 Å². The van der Waals surface area contributed by atoms with Crippen molar-refractivity contribution >= 4 is 55.2 Å². The van der Waals surface area contributed by atoms with E-state index in [2.05, 4.69) is 144 Å². The number of rotatable bonds is 8. The summed E-state index contributed by atoms with van der Waals surface area (Å²) in [6.07, 6.45) is 5.12. The number of hydrogen-bond acceptors (Lipinski definition) is 7. The second-order valence-corrected chi connectivity index (χ2v) is 17.5. The van der Waals surface area contributed by atoms with E-state index in [-0.39, 0.29) is 0 Å². The standard InChI is InChI=1S/C47H34N6S.C5H9N.C2H6/c1-6-16-33(17-7-1)45-48-31-35-26-28-40-44(43(35)50-45)51-46(34-18-8-2-9-19-34)52-47(40)53-32-49-41-30-39(27-29-42(41)53)54(36-20-10-3-11-21-36,37-22-12-4-13-23-37)38-24-14-5-15-25-38;1-3-5(2)4-6;1-2/h1-31,49H,32H2;3-4,6H,1-2H3;1-2H3/b;5-3+,6-4?;. The number of allylic oxidation sites excluding steroid dienone is 2. The molecular weight excluding hydrogens is 779 g/mol. The lowest BCUT2D eigenvalue weighted by Crippen LogP contribution is -2.18. The van der Waals surface area contributed by atoms with E-state index in [1.54, 1.807) is 0 Å². The Morgan fingerprint density at radius 3 is 1.63 bits per heavy atom. The molecule has 8 heteroatoms. The van der Waals surface area contributed by atoms with Gasteiger partial charge in [-0.25, -0.2) is 19.9 Å². The molecule has 0 radical (unpaired) electrons. The van der Waals surface area contributed by atoms with Crippen molar-refractivity contribution in [2.45, 2.75) is 47.3 Å². The predicted octanol–water partition coefficient (Wildman–Crippen LogP) is 14.4. The Bertz CT molecular complexity index is 2870. The maximum atomic E-state index is 6.62. The van der Waals surface area contributed by atoms with E-state index in [1.165, 1.54) is 25.8 Å². The lowest BCUT2D eigenvalue weighted by molar-refractivity contribution is 1.05. The topological polar surface area (TPSA) is 90.7 Å². The second kappa shape index (κ2) is 18.9. The van der Waals surface area contributed by atoms with Crippen molar-refractivity contribution in [2.24, 2.45) is 0 Å². The van der Waals surface area contributed by atoms with Crippen LogP contribution in [-0.4, -0.2) is 32.8 Å². The van der Waals surface area contributed by atoms with Crippen LogP contribution < -0.4 is 10.2 Å². The Morgan fingerprint density at radius 2 is 1.11 bits per heavy atom. The zero-order valence-corrected chi connectivity index (χ0v) is 36.2. The number of benzene rings is 7. The van der Waals surface area contributed by atoms with Gasteiger partial charge in [-0.05, 0) is 80.1 Å². The molecule has 0 saturated heterocycles. The number of hydrogen-bond donors (Lipinski definition) is 2. The summed E-state index contributed by atoms with van der Waals surface area (Å²) in [6, 6.07) is 64.2. The van der Waals surface area contributed by atoms with Gasteiger partial charge in [0.2, 0.25) is 0 Å². The molecule has 0 unspecified atom stereocenters. The first-order valence-corrected chi connectivity index (χ1v) is 22.6. The van der Waals surface area contributed by atoms with E-state index in [4.69, 9.17) is 25.3 Å². The fraction of sp³-hybridized carbons (Fsp3) is 0.0926. The van der Waals surface area contributed by atoms with Crippen molar-refractivity contribution in [2.75, 3.05) is 16.9 Å². The normalized spacial score (nSPS) is 12.3. The van der Waals surface area contributed by atoms with Crippen LogP contribution in [0.1, 0.15) is 27.7 Å². The maximum Gasteiger partial charge on any atom is 0.162 e. The monoisotopic (exact) mass is 827 g/mol. The van der Waals surface area contributed by atoms with E-state index in [0.29, 0.717) is 18.3 Å². The van der Waals surface area contributed by atoms with Gasteiger partial charge in [0.25, 0.3) is 0 Å². The minimum absolute atomic E-state index is 0.556. The molecule has 7 aromatic carbocycles. The first-order chi connectivity index (χ1) is 30.6. The number of fused-ring (bicyclic) bond motifs is 4. The van der Waals surface area contributed by atoms with Crippen molar-refractivity contribution in [3.8, 4) is 22.8 Å². The largest absolute Gasteiger partial charge is 0.366 e. The average Bonchev–Trinajstić information content (AvgIpc) is 3.79. The minimum Gasteiger partial charge on any atom is -0.366 e. The van der Waals surface area contributed by atoms with Gasteiger partial charge in [0.1, 0.15) is 16.9 Å². The molecule has 3 heterocycles. The summed E-state index contributed by atoms with van der Waals surface area (Å²) in [5, 5.41) is 12.2. The molecular formula is C54H49N7S. The molecule has 2 aromatic heterocycles. The number of nitrogens with zero attached hydrogens (tertiary/aromatic N) is 5. The SMILES string of the molecule is C/C=C(\C)C=N.CC.c1ccc(-c2ncc3ccc4c(N5CNc6cc(S(c7ccccc7)(c7ccccc7)c7ccccc7)ccc65)nc(-c5ccccc5)nc4c3n2)cc1. The quantitative estimate of drug-likeness (QED) is 0.117. The van der Waals surface area contributed by atoms with Crippen LogP contribution in [0.5, 0.6) is 0 Å². The maximum absolute atomic E-state index is 6.62. The average molecular weight is 828 g/mol. The number of anilines is 3. The Kier molecular flexibility index (Phi) is 12.6. The van der Waals surface area contributed by atoms with Gasteiger partial charge >= 0.3 is 0 Å². The Labute approximate surface area is 365 Å². The fourth-order valence-corrected chi connectivity index (χ4v) is 11.5. The smallest absolute Gasteiger partial charge is 0.162 e. The van der Waals surface area contributed by atoms with Crippen molar-refractivity contribution in [3.05, 3.63) is 200 Å². The lowest BCUT2D eigenvalue weighted by Gasteiger charge is -2.42. The molecule has 1 aliphatic heterocycles. The summed E-state index contributed by atoms with van der Waals surface area (Å²) >= 11 is 0. The van der Waals surface area contributed by atoms with Gasteiger partial charge in [-0.1, -0.05) is 141 Å².